The SMILES string of the molecule is CN1CCN(c2ccc(NC(=O)Cc3ccccc3Br)cc2)CC1. The Morgan fingerprint density at radius 3 is 2.38 bits per heavy atom. The average Bonchev–Trinajstić information content (AvgIpc) is 2.58. The molecule has 3 rings (SSSR count). The zero-order chi connectivity index (χ0) is 16.9. The summed E-state index contributed by atoms with van der Waals surface area (Å²) in [6, 6.07) is 15.9. The van der Waals surface area contributed by atoms with Crippen molar-refractivity contribution in [2.24, 2.45) is 0 Å². The molecule has 0 aromatic heterocycles. The number of piperazine rings is 1. The first-order valence-corrected chi connectivity index (χ1v) is 8.98. The van der Waals surface area contributed by atoms with Crippen molar-refractivity contribution in [1.29, 1.82) is 0 Å². The summed E-state index contributed by atoms with van der Waals surface area (Å²) in [5.74, 6) is -0.00533. The third kappa shape index (κ3) is 4.36. The number of rotatable bonds is 4. The third-order valence-electron chi connectivity index (χ3n) is 4.33. The van der Waals surface area contributed by atoms with E-state index in [1.807, 2.05) is 36.4 Å². The number of hydrogen-bond donors (Lipinski definition) is 1. The van der Waals surface area contributed by atoms with Crippen molar-refractivity contribution in [3.63, 3.8) is 0 Å². The van der Waals surface area contributed by atoms with E-state index in [9.17, 15) is 4.79 Å². The minimum absolute atomic E-state index is 0.00533. The van der Waals surface area contributed by atoms with Gasteiger partial charge in [0.25, 0.3) is 0 Å². The summed E-state index contributed by atoms with van der Waals surface area (Å²) in [5, 5.41) is 2.97. The first kappa shape index (κ1) is 17.0. The van der Waals surface area contributed by atoms with Gasteiger partial charge in [0.05, 0.1) is 6.42 Å². The Kier molecular flexibility index (Phi) is 5.53. The van der Waals surface area contributed by atoms with E-state index in [0.717, 1.165) is 41.9 Å². The molecule has 0 saturated carbocycles. The first-order chi connectivity index (χ1) is 11.6. The van der Waals surface area contributed by atoms with Gasteiger partial charge in [0, 0.05) is 42.0 Å². The highest BCUT2D eigenvalue weighted by molar-refractivity contribution is 9.10. The van der Waals surface area contributed by atoms with Crippen molar-refractivity contribution in [2.75, 3.05) is 43.4 Å². The van der Waals surface area contributed by atoms with Crippen molar-refractivity contribution < 1.29 is 4.79 Å². The van der Waals surface area contributed by atoms with Gasteiger partial charge in [-0.1, -0.05) is 34.1 Å². The van der Waals surface area contributed by atoms with Crippen LogP contribution in [0, 0.1) is 0 Å². The summed E-state index contributed by atoms with van der Waals surface area (Å²) in [4.78, 5) is 16.9. The first-order valence-electron chi connectivity index (χ1n) is 8.18. The lowest BCUT2D eigenvalue weighted by Crippen LogP contribution is -2.44. The predicted octanol–water partition coefficient (Wildman–Crippen LogP) is 3.38. The van der Waals surface area contributed by atoms with Gasteiger partial charge in [-0.3, -0.25) is 4.79 Å². The molecule has 0 atom stereocenters. The summed E-state index contributed by atoms with van der Waals surface area (Å²) >= 11 is 3.48. The van der Waals surface area contributed by atoms with Gasteiger partial charge in [0.15, 0.2) is 0 Å². The van der Waals surface area contributed by atoms with Crippen LogP contribution in [-0.4, -0.2) is 44.0 Å². The second-order valence-corrected chi connectivity index (χ2v) is 7.01. The van der Waals surface area contributed by atoms with Crippen molar-refractivity contribution >= 4 is 33.2 Å². The Labute approximate surface area is 151 Å². The highest BCUT2D eigenvalue weighted by Gasteiger charge is 2.14. The molecule has 0 aliphatic carbocycles. The maximum atomic E-state index is 12.2. The van der Waals surface area contributed by atoms with Crippen LogP contribution in [0.1, 0.15) is 5.56 Å². The molecule has 1 amide bonds. The second-order valence-electron chi connectivity index (χ2n) is 6.15. The van der Waals surface area contributed by atoms with Crippen LogP contribution in [0.2, 0.25) is 0 Å². The van der Waals surface area contributed by atoms with Crippen LogP contribution in [0.25, 0.3) is 0 Å². The second kappa shape index (κ2) is 7.81. The smallest absolute Gasteiger partial charge is 0.228 e. The van der Waals surface area contributed by atoms with Crippen LogP contribution in [0.15, 0.2) is 53.0 Å². The Morgan fingerprint density at radius 2 is 1.71 bits per heavy atom. The number of benzene rings is 2. The highest BCUT2D eigenvalue weighted by atomic mass is 79.9. The molecule has 1 saturated heterocycles. The molecule has 126 valence electrons. The largest absolute Gasteiger partial charge is 0.369 e. The lowest BCUT2D eigenvalue weighted by atomic mass is 10.1. The zero-order valence-electron chi connectivity index (χ0n) is 13.8. The van der Waals surface area contributed by atoms with E-state index in [-0.39, 0.29) is 5.91 Å². The summed E-state index contributed by atoms with van der Waals surface area (Å²) in [6.07, 6.45) is 0.363. The fraction of sp³-hybridized carbons (Fsp3) is 0.316. The zero-order valence-corrected chi connectivity index (χ0v) is 15.4. The van der Waals surface area contributed by atoms with Gasteiger partial charge in [-0.15, -0.1) is 0 Å². The van der Waals surface area contributed by atoms with E-state index >= 15 is 0 Å². The Hall–Kier alpha value is -1.85. The lowest BCUT2D eigenvalue weighted by molar-refractivity contribution is -0.115. The Balaban J connectivity index is 1.58. The molecular formula is C19H22BrN3O. The van der Waals surface area contributed by atoms with Crippen molar-refractivity contribution in [1.82, 2.24) is 4.90 Å². The molecule has 4 nitrogen and oxygen atoms in total. The van der Waals surface area contributed by atoms with Gasteiger partial charge >= 0.3 is 0 Å². The minimum atomic E-state index is -0.00533. The number of amides is 1. The molecule has 1 N–H and O–H groups in total. The number of halogens is 1. The van der Waals surface area contributed by atoms with Crippen molar-refractivity contribution in [3.05, 3.63) is 58.6 Å². The molecular weight excluding hydrogens is 366 g/mol. The summed E-state index contributed by atoms with van der Waals surface area (Å²) in [5.41, 5.74) is 3.04. The van der Waals surface area contributed by atoms with E-state index in [0.29, 0.717) is 6.42 Å². The van der Waals surface area contributed by atoms with E-state index in [4.69, 9.17) is 0 Å². The number of anilines is 2. The van der Waals surface area contributed by atoms with Crippen LogP contribution in [0.4, 0.5) is 11.4 Å². The summed E-state index contributed by atoms with van der Waals surface area (Å²) in [6.45, 7) is 4.27. The van der Waals surface area contributed by atoms with Gasteiger partial charge in [-0.25, -0.2) is 0 Å². The van der Waals surface area contributed by atoms with Gasteiger partial charge in [0.2, 0.25) is 5.91 Å². The molecule has 0 unspecified atom stereocenters. The van der Waals surface area contributed by atoms with E-state index < -0.39 is 0 Å². The van der Waals surface area contributed by atoms with Crippen LogP contribution >= 0.6 is 15.9 Å². The molecule has 2 aromatic rings. The molecule has 1 aliphatic heterocycles. The number of nitrogens with zero attached hydrogens (tertiary/aromatic N) is 2. The monoisotopic (exact) mass is 387 g/mol. The molecule has 0 bridgehead atoms. The summed E-state index contributed by atoms with van der Waals surface area (Å²) < 4.78 is 0.963. The van der Waals surface area contributed by atoms with Crippen LogP contribution < -0.4 is 10.2 Å². The van der Waals surface area contributed by atoms with Crippen molar-refractivity contribution in [3.8, 4) is 0 Å². The molecule has 1 aliphatic rings. The Bertz CT molecular complexity index is 694. The average molecular weight is 388 g/mol. The molecule has 1 fully saturated rings. The Morgan fingerprint density at radius 1 is 1.04 bits per heavy atom. The standard InChI is InChI=1S/C19H22BrN3O/c1-22-10-12-23(13-11-22)17-8-6-16(7-9-17)21-19(24)14-15-4-2-3-5-18(15)20/h2-9H,10-14H2,1H3,(H,21,24). The van der Waals surface area contributed by atoms with Crippen LogP contribution in [0.5, 0.6) is 0 Å². The predicted molar refractivity (Wildman–Crippen MR) is 103 cm³/mol. The number of likely N-dealkylation sites (N-methyl/N-ethyl adjacent to an activating group) is 1. The van der Waals surface area contributed by atoms with Gasteiger partial charge in [0.1, 0.15) is 0 Å². The summed E-state index contributed by atoms with van der Waals surface area (Å²) in [7, 11) is 2.15. The van der Waals surface area contributed by atoms with E-state index in [2.05, 4.69) is 50.2 Å². The third-order valence-corrected chi connectivity index (χ3v) is 5.10. The normalized spacial score (nSPS) is 15.3. The van der Waals surface area contributed by atoms with Gasteiger partial charge < -0.3 is 15.1 Å². The van der Waals surface area contributed by atoms with E-state index in [1.54, 1.807) is 0 Å². The van der Waals surface area contributed by atoms with Gasteiger partial charge in [-0.05, 0) is 42.9 Å². The number of hydrogen-bond acceptors (Lipinski definition) is 3. The minimum Gasteiger partial charge on any atom is -0.369 e. The van der Waals surface area contributed by atoms with E-state index in [1.165, 1.54) is 5.69 Å². The molecule has 1 heterocycles. The van der Waals surface area contributed by atoms with Gasteiger partial charge in [-0.2, -0.15) is 0 Å². The molecule has 0 radical (unpaired) electrons. The fourth-order valence-electron chi connectivity index (χ4n) is 2.84. The number of nitrogens with one attached hydrogen (secondary N) is 1. The number of carbonyl (C=O) groups is 1. The molecule has 5 heteroatoms. The fourth-order valence-corrected chi connectivity index (χ4v) is 3.27. The molecule has 24 heavy (non-hydrogen) atoms. The van der Waals surface area contributed by atoms with Crippen molar-refractivity contribution in [2.45, 2.75) is 6.42 Å². The lowest BCUT2D eigenvalue weighted by Gasteiger charge is -2.34. The van der Waals surface area contributed by atoms with Crippen LogP contribution in [-0.2, 0) is 11.2 Å². The maximum absolute atomic E-state index is 12.2. The molecule has 2 aromatic carbocycles. The maximum Gasteiger partial charge on any atom is 0.228 e. The number of carbonyl (C=O) groups excluding carboxylic acids is 1. The topological polar surface area (TPSA) is 35.6 Å². The quantitative estimate of drug-likeness (QED) is 0.873. The highest BCUT2D eigenvalue weighted by Crippen LogP contribution is 2.20. The van der Waals surface area contributed by atoms with Crippen LogP contribution in [0.3, 0.4) is 0 Å². The molecule has 0 spiro atoms.